The molecule has 2 saturated heterocycles. The number of benzene rings is 1. The molecule has 0 unspecified atom stereocenters. The van der Waals surface area contributed by atoms with Gasteiger partial charge in [0.05, 0.1) is 35.2 Å². The first-order valence-corrected chi connectivity index (χ1v) is 13.2. The molecule has 3 heterocycles. The summed E-state index contributed by atoms with van der Waals surface area (Å²) in [5.41, 5.74) is 3.70. The van der Waals surface area contributed by atoms with Crippen LogP contribution in [0.15, 0.2) is 30.3 Å². The van der Waals surface area contributed by atoms with Crippen LogP contribution in [-0.2, 0) is 26.0 Å². The van der Waals surface area contributed by atoms with Crippen molar-refractivity contribution in [3.8, 4) is 0 Å². The lowest BCUT2D eigenvalue weighted by atomic mass is 10.1. The predicted octanol–water partition coefficient (Wildman–Crippen LogP) is 2.43. The van der Waals surface area contributed by atoms with E-state index in [1.165, 1.54) is 0 Å². The van der Waals surface area contributed by atoms with Crippen LogP contribution in [0.4, 0.5) is 0 Å². The summed E-state index contributed by atoms with van der Waals surface area (Å²) in [4.78, 5) is 29.4. The Hall–Kier alpha value is -2.68. The summed E-state index contributed by atoms with van der Waals surface area (Å²) in [7, 11) is -1.25. The highest BCUT2D eigenvalue weighted by molar-refractivity contribution is 7.91. The molecule has 1 aromatic carbocycles. The number of hydrogen-bond donors (Lipinski definition) is 0. The first kappa shape index (κ1) is 23.5. The SMILES string of the molecule is Cc1nn([C@@H]2CCS(=O)(=O)C2)c(C)c1CN(C)C(=O)[C@H]1CC(=O)N([C@H](C)c2ccccc2)C1. The minimum absolute atomic E-state index is 0.000673. The van der Waals surface area contributed by atoms with Crippen molar-refractivity contribution in [2.45, 2.75) is 52.2 Å². The van der Waals surface area contributed by atoms with Gasteiger partial charge in [0.25, 0.3) is 0 Å². The lowest BCUT2D eigenvalue weighted by Crippen LogP contribution is -2.35. The molecule has 0 spiro atoms. The molecule has 2 aliphatic heterocycles. The van der Waals surface area contributed by atoms with Crippen molar-refractivity contribution in [2.24, 2.45) is 5.92 Å². The van der Waals surface area contributed by atoms with Gasteiger partial charge < -0.3 is 9.80 Å². The zero-order chi connectivity index (χ0) is 23.9. The Morgan fingerprint density at radius 1 is 1.24 bits per heavy atom. The number of aryl methyl sites for hydroxylation is 1. The van der Waals surface area contributed by atoms with E-state index < -0.39 is 9.84 Å². The molecule has 1 aromatic heterocycles. The van der Waals surface area contributed by atoms with Gasteiger partial charge in [0.15, 0.2) is 9.84 Å². The molecule has 2 amide bonds. The fourth-order valence-corrected chi connectivity index (χ4v) is 6.75. The Kier molecular flexibility index (Phi) is 6.35. The molecule has 4 rings (SSSR count). The summed E-state index contributed by atoms with van der Waals surface area (Å²) in [6, 6.07) is 9.62. The monoisotopic (exact) mass is 472 g/mol. The molecule has 0 radical (unpaired) electrons. The van der Waals surface area contributed by atoms with Gasteiger partial charge in [0, 0.05) is 37.8 Å². The van der Waals surface area contributed by atoms with Crippen molar-refractivity contribution >= 4 is 21.7 Å². The molecule has 8 nitrogen and oxygen atoms in total. The van der Waals surface area contributed by atoms with Crippen LogP contribution in [-0.4, -0.2) is 64.9 Å². The van der Waals surface area contributed by atoms with Crippen LogP contribution in [0, 0.1) is 19.8 Å². The van der Waals surface area contributed by atoms with Crippen molar-refractivity contribution in [3.05, 3.63) is 52.8 Å². The summed E-state index contributed by atoms with van der Waals surface area (Å²) in [5, 5.41) is 4.60. The maximum Gasteiger partial charge on any atom is 0.228 e. The Bertz CT molecular complexity index is 1160. The highest BCUT2D eigenvalue weighted by atomic mass is 32.2. The molecule has 178 valence electrons. The number of amides is 2. The van der Waals surface area contributed by atoms with Gasteiger partial charge in [-0.2, -0.15) is 5.10 Å². The van der Waals surface area contributed by atoms with E-state index in [2.05, 4.69) is 5.10 Å². The van der Waals surface area contributed by atoms with Crippen LogP contribution in [0.5, 0.6) is 0 Å². The molecular weight excluding hydrogens is 440 g/mol. The van der Waals surface area contributed by atoms with Crippen LogP contribution in [0.2, 0.25) is 0 Å². The summed E-state index contributed by atoms with van der Waals surface area (Å²) >= 11 is 0. The van der Waals surface area contributed by atoms with E-state index in [0.717, 1.165) is 22.5 Å². The minimum atomic E-state index is -3.01. The second-order valence-corrected chi connectivity index (χ2v) is 11.6. The number of nitrogens with zero attached hydrogens (tertiary/aromatic N) is 4. The Labute approximate surface area is 195 Å². The molecule has 0 aliphatic carbocycles. The molecule has 3 atom stereocenters. The van der Waals surface area contributed by atoms with Gasteiger partial charge in [-0.1, -0.05) is 30.3 Å². The minimum Gasteiger partial charge on any atom is -0.341 e. The van der Waals surface area contributed by atoms with Crippen molar-refractivity contribution in [1.82, 2.24) is 19.6 Å². The van der Waals surface area contributed by atoms with Crippen LogP contribution < -0.4 is 0 Å². The third-order valence-corrected chi connectivity index (χ3v) is 8.81. The number of likely N-dealkylation sites (tertiary alicyclic amines) is 1. The fraction of sp³-hybridized carbons (Fsp3) is 0.542. The van der Waals surface area contributed by atoms with Gasteiger partial charge in [0.2, 0.25) is 11.8 Å². The summed E-state index contributed by atoms with van der Waals surface area (Å²) < 4.78 is 25.6. The van der Waals surface area contributed by atoms with Gasteiger partial charge >= 0.3 is 0 Å². The molecule has 2 aliphatic rings. The number of hydrogen-bond acceptors (Lipinski definition) is 5. The van der Waals surface area contributed by atoms with Crippen LogP contribution in [0.1, 0.15) is 54.4 Å². The molecule has 33 heavy (non-hydrogen) atoms. The zero-order valence-electron chi connectivity index (χ0n) is 19.7. The zero-order valence-corrected chi connectivity index (χ0v) is 20.5. The smallest absolute Gasteiger partial charge is 0.228 e. The van der Waals surface area contributed by atoms with E-state index in [1.807, 2.05) is 55.8 Å². The Balaban J connectivity index is 1.44. The van der Waals surface area contributed by atoms with Gasteiger partial charge in [-0.15, -0.1) is 0 Å². The van der Waals surface area contributed by atoms with E-state index in [4.69, 9.17) is 0 Å². The molecule has 2 fully saturated rings. The molecule has 9 heteroatoms. The fourth-order valence-electron chi connectivity index (χ4n) is 5.06. The highest BCUT2D eigenvalue weighted by Crippen LogP contribution is 2.31. The van der Waals surface area contributed by atoms with Gasteiger partial charge in [-0.3, -0.25) is 14.3 Å². The quantitative estimate of drug-likeness (QED) is 0.644. The average Bonchev–Trinajstić information content (AvgIpc) is 3.43. The number of aromatic nitrogens is 2. The largest absolute Gasteiger partial charge is 0.341 e. The first-order valence-electron chi connectivity index (χ1n) is 11.4. The van der Waals surface area contributed by atoms with E-state index >= 15 is 0 Å². The molecule has 0 saturated carbocycles. The summed E-state index contributed by atoms with van der Waals surface area (Å²) in [5.74, 6) is -0.119. The standard InChI is InChI=1S/C24H32N4O4S/c1-16-22(18(3)28(25-16)21-10-11-33(31,32)15-21)14-26(4)24(30)20-12-23(29)27(13-20)17(2)19-8-6-5-7-9-19/h5-9,17,20-21H,10-15H2,1-4H3/t17-,20+,21-/m1/s1. The van der Waals surface area contributed by atoms with E-state index in [-0.39, 0.29) is 47.7 Å². The maximum atomic E-state index is 13.2. The van der Waals surface area contributed by atoms with Crippen LogP contribution >= 0.6 is 0 Å². The van der Waals surface area contributed by atoms with Crippen molar-refractivity contribution in [1.29, 1.82) is 0 Å². The van der Waals surface area contributed by atoms with E-state index in [0.29, 0.717) is 19.5 Å². The Morgan fingerprint density at radius 2 is 1.94 bits per heavy atom. The third kappa shape index (κ3) is 4.69. The number of carbonyl (C=O) groups excluding carboxylic acids is 2. The predicted molar refractivity (Wildman–Crippen MR) is 125 cm³/mol. The molecular formula is C24H32N4O4S. The summed E-state index contributed by atoms with van der Waals surface area (Å²) in [6.07, 6.45) is 0.787. The second kappa shape index (κ2) is 8.93. The van der Waals surface area contributed by atoms with Crippen molar-refractivity contribution in [3.63, 3.8) is 0 Å². The third-order valence-electron chi connectivity index (χ3n) is 7.06. The number of rotatable bonds is 6. The van der Waals surface area contributed by atoms with Crippen molar-refractivity contribution < 1.29 is 18.0 Å². The van der Waals surface area contributed by atoms with Gasteiger partial charge in [-0.25, -0.2) is 8.42 Å². The lowest BCUT2D eigenvalue weighted by molar-refractivity contribution is -0.135. The summed E-state index contributed by atoms with van der Waals surface area (Å²) in [6.45, 7) is 6.61. The van der Waals surface area contributed by atoms with Crippen molar-refractivity contribution in [2.75, 3.05) is 25.1 Å². The van der Waals surface area contributed by atoms with Crippen LogP contribution in [0.3, 0.4) is 0 Å². The lowest BCUT2D eigenvalue weighted by Gasteiger charge is -2.26. The molecule has 0 bridgehead atoms. The average molecular weight is 473 g/mol. The maximum absolute atomic E-state index is 13.2. The molecule has 0 N–H and O–H groups in total. The first-order chi connectivity index (χ1) is 15.6. The number of carbonyl (C=O) groups is 2. The second-order valence-electron chi connectivity index (χ2n) is 9.38. The topological polar surface area (TPSA) is 92.6 Å². The van der Waals surface area contributed by atoms with E-state index in [1.54, 1.807) is 16.8 Å². The number of sulfone groups is 1. The Morgan fingerprint density at radius 3 is 2.58 bits per heavy atom. The van der Waals surface area contributed by atoms with E-state index in [9.17, 15) is 18.0 Å². The van der Waals surface area contributed by atoms with Gasteiger partial charge in [-0.05, 0) is 32.8 Å². The van der Waals surface area contributed by atoms with Gasteiger partial charge in [0.1, 0.15) is 0 Å². The highest BCUT2D eigenvalue weighted by Gasteiger charge is 2.38. The molecule has 2 aromatic rings. The normalized spacial score (nSPS) is 23.2. The van der Waals surface area contributed by atoms with Crippen LogP contribution in [0.25, 0.3) is 0 Å².